The van der Waals surface area contributed by atoms with E-state index in [1.165, 1.54) is 6.08 Å². The average Bonchev–Trinajstić information content (AvgIpc) is 3.59. The van der Waals surface area contributed by atoms with E-state index in [0.717, 1.165) is 11.1 Å². The maximum atomic E-state index is 14.7. The molecule has 0 amide bonds. The highest BCUT2D eigenvalue weighted by Gasteiger charge is 2.77. The van der Waals surface area contributed by atoms with Crippen LogP contribution in [0.3, 0.4) is 0 Å². The van der Waals surface area contributed by atoms with Crippen LogP contribution in [0.1, 0.15) is 36.5 Å². The van der Waals surface area contributed by atoms with E-state index in [4.69, 9.17) is 14.2 Å². The van der Waals surface area contributed by atoms with Crippen LogP contribution in [0, 0.1) is 35.0 Å². The van der Waals surface area contributed by atoms with E-state index >= 15 is 0 Å². The van der Waals surface area contributed by atoms with E-state index < -0.39 is 71.0 Å². The van der Waals surface area contributed by atoms with Crippen molar-refractivity contribution in [2.24, 2.45) is 35.0 Å². The molecule has 4 aliphatic carbocycles. The largest absolute Gasteiger partial charge is 0.508 e. The van der Waals surface area contributed by atoms with Gasteiger partial charge in [0.2, 0.25) is 0 Å². The fraction of sp³-hybridized carbons (Fsp3) is 0.353. The zero-order valence-electron chi connectivity index (χ0n) is 22.6. The quantitative estimate of drug-likeness (QED) is 0.331. The van der Waals surface area contributed by atoms with E-state index in [0.29, 0.717) is 5.76 Å². The molecule has 2 saturated carbocycles. The van der Waals surface area contributed by atoms with Gasteiger partial charge in [-0.2, -0.15) is 0 Å². The second kappa shape index (κ2) is 9.02. The van der Waals surface area contributed by atoms with Gasteiger partial charge in [-0.05, 0) is 23.3 Å². The summed E-state index contributed by atoms with van der Waals surface area (Å²) in [5, 5.41) is 11.4. The third-order valence-corrected chi connectivity index (χ3v) is 10.2. The molecule has 5 fully saturated rings. The van der Waals surface area contributed by atoms with E-state index in [1.807, 2.05) is 66.7 Å². The monoisotopic (exact) mass is 564 g/mol. The summed E-state index contributed by atoms with van der Waals surface area (Å²) in [7, 11) is 0. The Kier molecular flexibility index (Phi) is 5.42. The number of allylic oxidation sites excluding steroid dienone is 2. The van der Waals surface area contributed by atoms with Gasteiger partial charge in [0.05, 0.1) is 12.8 Å². The summed E-state index contributed by atoms with van der Waals surface area (Å²) in [4.78, 5) is 54.7. The van der Waals surface area contributed by atoms with Gasteiger partial charge in [0.25, 0.3) is 0 Å². The molecule has 0 radical (unpaired) electrons. The zero-order chi connectivity index (χ0) is 28.7. The van der Waals surface area contributed by atoms with Crippen LogP contribution in [0.15, 0.2) is 89.9 Å². The van der Waals surface area contributed by atoms with Gasteiger partial charge in [0, 0.05) is 41.6 Å². The summed E-state index contributed by atoms with van der Waals surface area (Å²) in [6.45, 7) is 0. The molecule has 9 rings (SSSR count). The highest BCUT2D eigenvalue weighted by Crippen LogP contribution is 2.70. The fourth-order valence-electron chi connectivity index (χ4n) is 8.69. The predicted molar refractivity (Wildman–Crippen MR) is 147 cm³/mol. The molecule has 212 valence electrons. The first-order valence-electron chi connectivity index (χ1n) is 14.4. The van der Waals surface area contributed by atoms with Crippen LogP contribution in [-0.2, 0) is 33.4 Å². The summed E-state index contributed by atoms with van der Waals surface area (Å²) in [6, 6.07) is 18.8. The second-order valence-corrected chi connectivity index (χ2v) is 12.1. The van der Waals surface area contributed by atoms with Gasteiger partial charge in [-0.25, -0.2) is 0 Å². The van der Waals surface area contributed by atoms with E-state index in [2.05, 4.69) is 0 Å². The number of hydrogen-bond donors (Lipinski definition) is 1. The molecule has 7 aliphatic rings. The molecule has 9 atom stereocenters. The van der Waals surface area contributed by atoms with Gasteiger partial charge in [-0.3, -0.25) is 19.2 Å². The highest BCUT2D eigenvalue weighted by molar-refractivity contribution is 6.07. The van der Waals surface area contributed by atoms with Gasteiger partial charge in [-0.15, -0.1) is 0 Å². The number of Topliss-reactive ketones (excluding diaryl/α,β-unsaturated/α-hetero) is 2. The van der Waals surface area contributed by atoms with E-state index in [-0.39, 0.29) is 36.4 Å². The number of aliphatic hydroxyl groups is 1. The lowest BCUT2D eigenvalue weighted by Crippen LogP contribution is -2.69. The van der Waals surface area contributed by atoms with E-state index in [1.54, 1.807) is 6.08 Å². The third kappa shape index (κ3) is 3.35. The van der Waals surface area contributed by atoms with Crippen LogP contribution >= 0.6 is 0 Å². The summed E-state index contributed by atoms with van der Waals surface area (Å²) in [5.74, 6) is -4.59. The van der Waals surface area contributed by atoms with Gasteiger partial charge in [-0.1, -0.05) is 66.7 Å². The van der Waals surface area contributed by atoms with Gasteiger partial charge < -0.3 is 19.3 Å². The van der Waals surface area contributed by atoms with Crippen LogP contribution in [0.5, 0.6) is 0 Å². The van der Waals surface area contributed by atoms with Gasteiger partial charge >= 0.3 is 11.9 Å². The number of fused-ring (bicyclic) bond motifs is 1. The first-order valence-corrected chi connectivity index (χ1v) is 14.4. The first-order chi connectivity index (χ1) is 20.4. The highest BCUT2D eigenvalue weighted by atomic mass is 16.6. The smallest absolute Gasteiger partial charge is 0.306 e. The van der Waals surface area contributed by atoms with Crippen LogP contribution in [-0.4, -0.2) is 40.8 Å². The molecule has 9 unspecified atom stereocenters. The lowest BCUT2D eigenvalue weighted by molar-refractivity contribution is -0.197. The SMILES string of the molecule is O=C1CC2C(=C(O)C=Cc3ccccc3)C(=O)C3C(C4C=C5OC(c6ccccc6)CC(=O)C53C3CC(=O)OC43)C2O1. The molecule has 2 aromatic rings. The molecule has 3 aliphatic heterocycles. The molecule has 2 aromatic carbocycles. The van der Waals surface area contributed by atoms with Crippen molar-refractivity contribution >= 4 is 29.6 Å². The number of rotatable bonds is 3. The van der Waals surface area contributed by atoms with Crippen molar-refractivity contribution in [3.05, 3.63) is 101 Å². The third-order valence-electron chi connectivity index (χ3n) is 10.2. The number of benzene rings is 2. The molecule has 8 heteroatoms. The van der Waals surface area contributed by atoms with Crippen LogP contribution in [0.2, 0.25) is 0 Å². The molecule has 2 bridgehead atoms. The van der Waals surface area contributed by atoms with Crippen molar-refractivity contribution in [1.82, 2.24) is 0 Å². The summed E-state index contributed by atoms with van der Waals surface area (Å²) in [5.41, 5.74) is 0.320. The van der Waals surface area contributed by atoms with Crippen molar-refractivity contribution < 1.29 is 38.5 Å². The Bertz CT molecular complexity index is 1620. The summed E-state index contributed by atoms with van der Waals surface area (Å²) in [6.07, 6.45) is 3.09. The number of carbonyl (C=O) groups excluding carboxylic acids is 4. The topological polar surface area (TPSA) is 116 Å². The summed E-state index contributed by atoms with van der Waals surface area (Å²) >= 11 is 0. The minimum Gasteiger partial charge on any atom is -0.508 e. The Morgan fingerprint density at radius 3 is 2.29 bits per heavy atom. The Hall–Kier alpha value is -4.46. The van der Waals surface area contributed by atoms with Crippen molar-refractivity contribution in [1.29, 1.82) is 0 Å². The standard InChI is InChI=1S/C34H28O8/c35-22(12-11-17-7-3-1-4-8-17)28-20-14-26(37)42-33(20)29-19-13-25-34(30(29)31(28)39,21-15-27(38)41-32(19)21)24(36)16-23(40-25)18-9-5-2-6-10-18/h1-13,19-21,23,29-30,32-33,35H,14-16H2. The lowest BCUT2D eigenvalue weighted by Gasteiger charge is -2.62. The summed E-state index contributed by atoms with van der Waals surface area (Å²) < 4.78 is 18.2. The van der Waals surface area contributed by atoms with Crippen molar-refractivity contribution in [2.45, 2.75) is 37.6 Å². The Balaban J connectivity index is 1.28. The second-order valence-electron chi connectivity index (χ2n) is 12.1. The molecule has 1 N–H and O–H groups in total. The molecule has 3 saturated heterocycles. The minimum atomic E-state index is -1.45. The Labute approximate surface area is 241 Å². The normalized spacial score (nSPS) is 39.0. The maximum absolute atomic E-state index is 14.7. The molecule has 8 nitrogen and oxygen atoms in total. The van der Waals surface area contributed by atoms with Gasteiger partial charge in [0.1, 0.15) is 35.2 Å². The molecular weight excluding hydrogens is 536 g/mol. The predicted octanol–water partition coefficient (Wildman–Crippen LogP) is 4.43. The minimum absolute atomic E-state index is 0.00701. The van der Waals surface area contributed by atoms with Crippen molar-refractivity contribution in [2.75, 3.05) is 0 Å². The average molecular weight is 565 g/mol. The van der Waals surface area contributed by atoms with Gasteiger partial charge in [0.15, 0.2) is 11.6 Å². The number of carbonyl (C=O) groups is 4. The molecule has 1 spiro atoms. The number of esters is 2. The van der Waals surface area contributed by atoms with Crippen LogP contribution in [0.25, 0.3) is 6.08 Å². The van der Waals surface area contributed by atoms with Crippen molar-refractivity contribution in [3.8, 4) is 0 Å². The Morgan fingerprint density at radius 1 is 0.833 bits per heavy atom. The zero-order valence-corrected chi connectivity index (χ0v) is 22.6. The number of ether oxygens (including phenoxy) is 3. The van der Waals surface area contributed by atoms with Crippen molar-refractivity contribution in [3.63, 3.8) is 0 Å². The molecule has 0 aromatic heterocycles. The number of hydrogen-bond acceptors (Lipinski definition) is 8. The Morgan fingerprint density at radius 2 is 1.52 bits per heavy atom. The first kappa shape index (κ1) is 25.3. The number of ketones is 2. The van der Waals surface area contributed by atoms with E-state index in [9.17, 15) is 24.3 Å². The van der Waals surface area contributed by atoms with Crippen LogP contribution < -0.4 is 0 Å². The van der Waals surface area contributed by atoms with Crippen LogP contribution in [0.4, 0.5) is 0 Å². The maximum Gasteiger partial charge on any atom is 0.306 e. The molecular formula is C34H28O8. The number of aliphatic hydroxyl groups excluding tert-OH is 1. The fourth-order valence-corrected chi connectivity index (χ4v) is 8.69. The lowest BCUT2D eigenvalue weighted by atomic mass is 9.41. The molecule has 3 heterocycles. The molecule has 42 heavy (non-hydrogen) atoms.